The molecule has 3 heterocycles. The third kappa shape index (κ3) is 3.81. The first-order valence-corrected chi connectivity index (χ1v) is 8.08. The van der Waals surface area contributed by atoms with Crippen molar-refractivity contribution in [3.8, 4) is 0 Å². The van der Waals surface area contributed by atoms with Gasteiger partial charge in [0.05, 0.1) is 0 Å². The van der Waals surface area contributed by atoms with Gasteiger partial charge in [0.15, 0.2) is 5.69 Å². The second-order valence-electron chi connectivity index (χ2n) is 6.52. The minimum absolute atomic E-state index is 0.133. The summed E-state index contributed by atoms with van der Waals surface area (Å²) in [6, 6.07) is 1.18. The molecule has 0 spiro atoms. The van der Waals surface area contributed by atoms with E-state index in [0.29, 0.717) is 11.6 Å². The number of hydrogen-bond donors (Lipinski definition) is 2. The number of halogens is 3. The van der Waals surface area contributed by atoms with Crippen LogP contribution in [-0.2, 0) is 6.18 Å². The van der Waals surface area contributed by atoms with Crippen molar-refractivity contribution >= 4 is 0 Å². The Morgan fingerprint density at radius 1 is 1.27 bits per heavy atom. The third-order valence-corrected chi connectivity index (χ3v) is 4.75. The van der Waals surface area contributed by atoms with Crippen molar-refractivity contribution in [2.45, 2.75) is 37.8 Å². The molecule has 3 rings (SSSR count). The van der Waals surface area contributed by atoms with E-state index in [1.807, 2.05) is 0 Å². The number of nitrogens with one attached hydrogen (secondary N) is 2. The molecule has 2 N–H and O–H groups in total. The summed E-state index contributed by atoms with van der Waals surface area (Å²) in [6.45, 7) is 5.09. The highest BCUT2D eigenvalue weighted by molar-refractivity contribution is 5.16. The molecule has 0 bridgehead atoms. The second kappa shape index (κ2) is 6.58. The molecule has 7 heteroatoms. The van der Waals surface area contributed by atoms with E-state index in [9.17, 15) is 13.2 Å². The lowest BCUT2D eigenvalue weighted by Gasteiger charge is -2.35. The predicted molar refractivity (Wildman–Crippen MR) is 77.6 cm³/mol. The molecule has 0 saturated carbocycles. The maximum atomic E-state index is 12.7. The number of aromatic amines is 1. The summed E-state index contributed by atoms with van der Waals surface area (Å²) >= 11 is 0. The molecule has 1 aromatic heterocycles. The monoisotopic (exact) mass is 316 g/mol. The van der Waals surface area contributed by atoms with E-state index in [1.54, 1.807) is 0 Å². The van der Waals surface area contributed by atoms with Gasteiger partial charge in [0.25, 0.3) is 0 Å². The van der Waals surface area contributed by atoms with Gasteiger partial charge in [-0.3, -0.25) is 5.10 Å². The number of H-pyrrole nitrogens is 1. The molecule has 2 fully saturated rings. The van der Waals surface area contributed by atoms with Gasteiger partial charge in [-0.2, -0.15) is 18.3 Å². The lowest BCUT2D eigenvalue weighted by molar-refractivity contribution is -0.141. The summed E-state index contributed by atoms with van der Waals surface area (Å²) in [5.41, 5.74) is -0.185. The number of aromatic nitrogens is 2. The van der Waals surface area contributed by atoms with Crippen LogP contribution in [-0.4, -0.2) is 47.8 Å². The molecular formula is C15H23F3N4. The van der Waals surface area contributed by atoms with Crippen molar-refractivity contribution in [1.82, 2.24) is 20.4 Å². The zero-order valence-corrected chi connectivity index (χ0v) is 12.6. The molecule has 2 aliphatic heterocycles. The lowest BCUT2D eigenvalue weighted by atomic mass is 9.92. The first kappa shape index (κ1) is 15.8. The van der Waals surface area contributed by atoms with Gasteiger partial charge >= 0.3 is 6.18 Å². The fourth-order valence-corrected chi connectivity index (χ4v) is 3.61. The summed E-state index contributed by atoms with van der Waals surface area (Å²) in [5.74, 6) is 0.800. The minimum Gasteiger partial charge on any atom is -0.316 e. The van der Waals surface area contributed by atoms with Crippen LogP contribution in [0.3, 0.4) is 0 Å². The van der Waals surface area contributed by atoms with Gasteiger partial charge in [-0.25, -0.2) is 0 Å². The Kier molecular flexibility index (Phi) is 4.73. The molecule has 2 atom stereocenters. The number of rotatable bonds is 3. The van der Waals surface area contributed by atoms with Gasteiger partial charge in [-0.1, -0.05) is 0 Å². The van der Waals surface area contributed by atoms with Crippen molar-refractivity contribution in [3.05, 3.63) is 17.5 Å². The zero-order chi connectivity index (χ0) is 15.6. The normalized spacial score (nSPS) is 28.0. The molecular weight excluding hydrogens is 293 g/mol. The Morgan fingerprint density at radius 3 is 2.82 bits per heavy atom. The van der Waals surface area contributed by atoms with E-state index in [4.69, 9.17) is 0 Å². The van der Waals surface area contributed by atoms with Crippen LogP contribution in [0.4, 0.5) is 13.2 Å². The smallest absolute Gasteiger partial charge is 0.316 e. The Labute approximate surface area is 128 Å². The van der Waals surface area contributed by atoms with E-state index in [-0.39, 0.29) is 5.92 Å². The highest BCUT2D eigenvalue weighted by Crippen LogP contribution is 2.32. The topological polar surface area (TPSA) is 44.0 Å². The van der Waals surface area contributed by atoms with Crippen LogP contribution in [0.5, 0.6) is 0 Å². The summed E-state index contributed by atoms with van der Waals surface area (Å²) in [5, 5.41) is 9.44. The first-order valence-electron chi connectivity index (χ1n) is 8.08. The minimum atomic E-state index is -4.36. The predicted octanol–water partition coefficient (Wildman–Crippen LogP) is 2.61. The van der Waals surface area contributed by atoms with Gasteiger partial charge in [0.2, 0.25) is 0 Å². The molecule has 0 amide bonds. The summed E-state index contributed by atoms with van der Waals surface area (Å²) in [4.78, 5) is 2.40. The van der Waals surface area contributed by atoms with Gasteiger partial charge in [-0.15, -0.1) is 0 Å². The van der Waals surface area contributed by atoms with Crippen molar-refractivity contribution in [1.29, 1.82) is 0 Å². The average Bonchev–Trinajstić information content (AvgIpc) is 2.99. The molecule has 0 aliphatic carbocycles. The Hall–Kier alpha value is -1.08. The lowest BCUT2D eigenvalue weighted by Crippen LogP contribution is -2.42. The van der Waals surface area contributed by atoms with Crippen LogP contribution in [0.15, 0.2) is 6.07 Å². The number of hydrogen-bond acceptors (Lipinski definition) is 3. The molecule has 0 aromatic carbocycles. The van der Waals surface area contributed by atoms with Gasteiger partial charge in [0.1, 0.15) is 0 Å². The Morgan fingerprint density at radius 2 is 2.14 bits per heavy atom. The zero-order valence-electron chi connectivity index (χ0n) is 12.6. The standard InChI is InChI=1S/C15H23F3N4/c16-15(17,18)14-7-13(20-21-14)12-4-2-6-22(10-12)9-11-3-1-5-19-8-11/h7,11-12,19H,1-6,8-10H2,(H,20,21). The quantitative estimate of drug-likeness (QED) is 0.901. The van der Waals surface area contributed by atoms with E-state index < -0.39 is 11.9 Å². The van der Waals surface area contributed by atoms with Crippen LogP contribution in [0.2, 0.25) is 0 Å². The number of likely N-dealkylation sites (tertiary alicyclic amines) is 1. The molecule has 0 radical (unpaired) electrons. The van der Waals surface area contributed by atoms with E-state index in [0.717, 1.165) is 45.6 Å². The summed E-state index contributed by atoms with van der Waals surface area (Å²) in [6.07, 6.45) is 0.0643. The van der Waals surface area contributed by atoms with E-state index in [2.05, 4.69) is 20.4 Å². The molecule has 2 saturated heterocycles. The van der Waals surface area contributed by atoms with Gasteiger partial charge in [-0.05, 0) is 57.3 Å². The summed E-state index contributed by atoms with van der Waals surface area (Å²) < 4.78 is 38.0. The first-order chi connectivity index (χ1) is 10.5. The molecule has 2 unspecified atom stereocenters. The van der Waals surface area contributed by atoms with Crippen LogP contribution < -0.4 is 5.32 Å². The number of nitrogens with zero attached hydrogens (tertiary/aromatic N) is 2. The van der Waals surface area contributed by atoms with Crippen molar-refractivity contribution in [2.24, 2.45) is 5.92 Å². The molecule has 22 heavy (non-hydrogen) atoms. The highest BCUT2D eigenvalue weighted by Gasteiger charge is 2.35. The van der Waals surface area contributed by atoms with Crippen LogP contribution in [0, 0.1) is 5.92 Å². The summed E-state index contributed by atoms with van der Waals surface area (Å²) in [7, 11) is 0. The average molecular weight is 316 g/mol. The Bertz CT molecular complexity index is 479. The van der Waals surface area contributed by atoms with E-state index >= 15 is 0 Å². The second-order valence-corrected chi connectivity index (χ2v) is 6.52. The van der Waals surface area contributed by atoms with Crippen LogP contribution >= 0.6 is 0 Å². The fraction of sp³-hybridized carbons (Fsp3) is 0.800. The largest absolute Gasteiger partial charge is 0.435 e. The molecule has 4 nitrogen and oxygen atoms in total. The molecule has 2 aliphatic rings. The molecule has 1 aromatic rings. The third-order valence-electron chi connectivity index (χ3n) is 4.75. The SMILES string of the molecule is FC(F)(F)c1cc(C2CCCN(CC3CCCNC3)C2)[nH]n1. The van der Waals surface area contributed by atoms with E-state index in [1.165, 1.54) is 18.9 Å². The maximum absolute atomic E-state index is 12.7. The Balaban J connectivity index is 1.59. The fourth-order valence-electron chi connectivity index (χ4n) is 3.61. The van der Waals surface area contributed by atoms with Gasteiger partial charge < -0.3 is 10.2 Å². The van der Waals surface area contributed by atoms with Crippen molar-refractivity contribution < 1.29 is 13.2 Å². The maximum Gasteiger partial charge on any atom is 0.435 e. The van der Waals surface area contributed by atoms with Crippen molar-refractivity contribution in [3.63, 3.8) is 0 Å². The number of alkyl halides is 3. The molecule has 124 valence electrons. The van der Waals surface area contributed by atoms with Gasteiger partial charge in [0, 0.05) is 24.7 Å². The highest BCUT2D eigenvalue weighted by atomic mass is 19.4. The van der Waals surface area contributed by atoms with Crippen LogP contribution in [0.1, 0.15) is 43.0 Å². The van der Waals surface area contributed by atoms with Crippen molar-refractivity contribution in [2.75, 3.05) is 32.7 Å². The van der Waals surface area contributed by atoms with Crippen LogP contribution in [0.25, 0.3) is 0 Å². The number of piperidine rings is 2.